The topological polar surface area (TPSA) is 188 Å². The molecule has 112 valence electrons. The summed E-state index contributed by atoms with van der Waals surface area (Å²) in [5.41, 5.74) is 5.20. The summed E-state index contributed by atoms with van der Waals surface area (Å²) in [4.78, 5) is 38.6. The Balaban J connectivity index is 4.55. The van der Waals surface area contributed by atoms with Crippen molar-refractivity contribution in [3.63, 3.8) is 0 Å². The van der Waals surface area contributed by atoms with Gasteiger partial charge in [-0.3, -0.25) is 14.1 Å². The summed E-state index contributed by atoms with van der Waals surface area (Å²) in [6.07, 6.45) is -5.93. The minimum atomic E-state index is -4.85. The SMILES string of the molecule is CC(=O)C(=O)[C@@H](N)[C@@H](O)[C@H](O)[C@H](O)COP(=O)(O)O. The van der Waals surface area contributed by atoms with Gasteiger partial charge in [0.2, 0.25) is 5.78 Å². The molecule has 0 amide bonds. The molecule has 0 unspecified atom stereocenters. The van der Waals surface area contributed by atoms with Crippen LogP contribution in [-0.4, -0.2) is 67.6 Å². The van der Waals surface area contributed by atoms with Gasteiger partial charge in [0.05, 0.1) is 6.61 Å². The second-order valence-electron chi connectivity index (χ2n) is 3.78. The van der Waals surface area contributed by atoms with Gasteiger partial charge in [0.15, 0.2) is 5.78 Å². The number of rotatable bonds is 8. The highest BCUT2D eigenvalue weighted by atomic mass is 31.2. The molecule has 0 aromatic carbocycles. The first-order valence-electron chi connectivity index (χ1n) is 5.02. The molecule has 0 radical (unpaired) electrons. The third-order valence-electron chi connectivity index (χ3n) is 2.18. The van der Waals surface area contributed by atoms with Gasteiger partial charge in [0.25, 0.3) is 0 Å². The van der Waals surface area contributed by atoms with E-state index in [1.54, 1.807) is 0 Å². The molecule has 19 heavy (non-hydrogen) atoms. The van der Waals surface area contributed by atoms with E-state index < -0.39 is 50.3 Å². The van der Waals surface area contributed by atoms with Gasteiger partial charge < -0.3 is 30.8 Å². The molecule has 0 bridgehead atoms. The monoisotopic (exact) mass is 301 g/mol. The lowest BCUT2D eigenvalue weighted by molar-refractivity contribution is -0.141. The van der Waals surface area contributed by atoms with Gasteiger partial charge >= 0.3 is 7.82 Å². The van der Waals surface area contributed by atoms with Gasteiger partial charge in [-0.15, -0.1) is 0 Å². The highest BCUT2D eigenvalue weighted by Crippen LogP contribution is 2.35. The number of nitrogens with two attached hydrogens (primary N) is 1. The molecule has 11 heteroatoms. The van der Waals surface area contributed by atoms with Crippen molar-refractivity contribution in [2.24, 2.45) is 5.73 Å². The van der Waals surface area contributed by atoms with E-state index in [-0.39, 0.29) is 0 Å². The van der Waals surface area contributed by atoms with E-state index in [0.717, 1.165) is 6.92 Å². The van der Waals surface area contributed by atoms with E-state index in [2.05, 4.69) is 4.52 Å². The van der Waals surface area contributed by atoms with Crippen LogP contribution in [0.4, 0.5) is 0 Å². The van der Waals surface area contributed by atoms with E-state index >= 15 is 0 Å². The lowest BCUT2D eigenvalue weighted by atomic mass is 9.97. The highest BCUT2D eigenvalue weighted by molar-refractivity contribution is 7.46. The lowest BCUT2D eigenvalue weighted by Crippen LogP contribution is -2.54. The molecule has 0 rings (SSSR count). The van der Waals surface area contributed by atoms with E-state index in [9.17, 15) is 29.5 Å². The molecule has 0 saturated heterocycles. The molecule has 10 nitrogen and oxygen atoms in total. The van der Waals surface area contributed by atoms with Crippen LogP contribution in [0.3, 0.4) is 0 Å². The summed E-state index contributed by atoms with van der Waals surface area (Å²) in [5, 5.41) is 28.1. The van der Waals surface area contributed by atoms with Gasteiger partial charge in [-0.05, 0) is 0 Å². The number of phosphoric acid groups is 1. The minimum Gasteiger partial charge on any atom is -0.388 e. The normalized spacial score (nSPS) is 18.5. The molecule has 4 atom stereocenters. The van der Waals surface area contributed by atoms with Crippen LogP contribution in [-0.2, 0) is 18.7 Å². The lowest BCUT2D eigenvalue weighted by Gasteiger charge is -2.25. The Labute approximate surface area is 108 Å². The maximum absolute atomic E-state index is 11.1. The molecular formula is C8H16NO9P. The fourth-order valence-corrected chi connectivity index (χ4v) is 1.45. The van der Waals surface area contributed by atoms with Crippen LogP contribution in [0.25, 0.3) is 0 Å². The van der Waals surface area contributed by atoms with Gasteiger partial charge in [-0.25, -0.2) is 4.57 Å². The fraction of sp³-hybridized carbons (Fsp3) is 0.750. The fourth-order valence-electron chi connectivity index (χ4n) is 1.10. The maximum Gasteiger partial charge on any atom is 0.469 e. The third-order valence-corrected chi connectivity index (χ3v) is 2.66. The van der Waals surface area contributed by atoms with Crippen molar-refractivity contribution in [3.05, 3.63) is 0 Å². The summed E-state index contributed by atoms with van der Waals surface area (Å²) in [7, 11) is -4.85. The average molecular weight is 301 g/mol. The second kappa shape index (κ2) is 7.17. The first-order chi connectivity index (χ1) is 8.47. The van der Waals surface area contributed by atoms with E-state index in [0.29, 0.717) is 0 Å². The third kappa shape index (κ3) is 6.32. The average Bonchev–Trinajstić information content (AvgIpc) is 2.30. The van der Waals surface area contributed by atoms with Gasteiger partial charge in [-0.1, -0.05) is 0 Å². The van der Waals surface area contributed by atoms with Crippen LogP contribution >= 0.6 is 7.82 Å². The Bertz CT molecular complexity index is 380. The van der Waals surface area contributed by atoms with Crippen molar-refractivity contribution in [1.29, 1.82) is 0 Å². The zero-order valence-electron chi connectivity index (χ0n) is 9.91. The smallest absolute Gasteiger partial charge is 0.388 e. The van der Waals surface area contributed by atoms with Crippen molar-refractivity contribution < 1.29 is 43.8 Å². The molecule has 7 N–H and O–H groups in total. The molecule has 0 aliphatic rings. The number of carbonyl (C=O) groups is 2. The van der Waals surface area contributed by atoms with Crippen molar-refractivity contribution in [2.75, 3.05) is 6.61 Å². The molecule has 0 saturated carbocycles. The predicted octanol–water partition coefficient (Wildman–Crippen LogP) is -3.34. The van der Waals surface area contributed by atoms with Crippen LogP contribution in [0.15, 0.2) is 0 Å². The second-order valence-corrected chi connectivity index (χ2v) is 5.02. The zero-order chi connectivity index (χ0) is 15.4. The minimum absolute atomic E-state index is 0.911. The molecule has 0 fully saturated rings. The number of carbonyl (C=O) groups excluding carboxylic acids is 2. The molecule has 0 heterocycles. The Kier molecular flexibility index (Phi) is 6.91. The van der Waals surface area contributed by atoms with E-state index in [4.69, 9.17) is 15.5 Å². The quantitative estimate of drug-likeness (QED) is 0.195. The number of hydrogen-bond acceptors (Lipinski definition) is 8. The summed E-state index contributed by atoms with van der Waals surface area (Å²) < 4.78 is 14.3. The van der Waals surface area contributed by atoms with Crippen LogP contribution in [0.1, 0.15) is 6.92 Å². The molecule has 0 aliphatic heterocycles. The molecule has 0 spiro atoms. The molecule has 0 aromatic rings. The number of Topliss-reactive ketones (excluding diaryl/α,β-unsaturated/α-hetero) is 2. The number of aliphatic hydroxyl groups excluding tert-OH is 3. The van der Waals surface area contributed by atoms with E-state index in [1.807, 2.05) is 0 Å². The first kappa shape index (κ1) is 18.3. The molecule has 0 aromatic heterocycles. The first-order valence-corrected chi connectivity index (χ1v) is 6.55. The Morgan fingerprint density at radius 3 is 2.05 bits per heavy atom. The number of phosphoric ester groups is 1. The van der Waals surface area contributed by atoms with Crippen LogP contribution in [0.5, 0.6) is 0 Å². The summed E-state index contributed by atoms with van der Waals surface area (Å²) in [5.74, 6) is -2.10. The largest absolute Gasteiger partial charge is 0.469 e. The van der Waals surface area contributed by atoms with Crippen molar-refractivity contribution in [3.8, 4) is 0 Å². The molecule has 0 aliphatic carbocycles. The Morgan fingerprint density at radius 2 is 1.68 bits per heavy atom. The van der Waals surface area contributed by atoms with Crippen LogP contribution in [0.2, 0.25) is 0 Å². The number of ketones is 2. The maximum atomic E-state index is 11.1. The van der Waals surface area contributed by atoms with Gasteiger partial charge in [-0.2, -0.15) is 0 Å². The Hall–Kier alpha value is -0.710. The van der Waals surface area contributed by atoms with E-state index in [1.165, 1.54) is 0 Å². The molecular weight excluding hydrogens is 285 g/mol. The number of hydrogen-bond donors (Lipinski definition) is 6. The van der Waals surface area contributed by atoms with Crippen molar-refractivity contribution >= 4 is 19.4 Å². The van der Waals surface area contributed by atoms with Crippen molar-refractivity contribution in [2.45, 2.75) is 31.3 Å². The number of aliphatic hydroxyl groups is 3. The van der Waals surface area contributed by atoms with Gasteiger partial charge in [0, 0.05) is 6.92 Å². The standard InChI is InChI=1S/C8H16NO9P/c1-3(10)6(12)5(9)8(14)7(13)4(11)2-18-19(15,16)17/h4-5,7-8,11,13-14H,2,9H2,1H3,(H2,15,16,17)/t4-,5-,7-,8-/m1/s1. The van der Waals surface area contributed by atoms with Gasteiger partial charge in [0.1, 0.15) is 24.4 Å². The van der Waals surface area contributed by atoms with Crippen LogP contribution < -0.4 is 5.73 Å². The summed E-state index contributed by atoms with van der Waals surface area (Å²) in [6.45, 7) is -0.0852. The zero-order valence-corrected chi connectivity index (χ0v) is 10.8. The van der Waals surface area contributed by atoms with Crippen LogP contribution in [0, 0.1) is 0 Å². The predicted molar refractivity (Wildman–Crippen MR) is 59.7 cm³/mol. The van der Waals surface area contributed by atoms with Crippen molar-refractivity contribution in [1.82, 2.24) is 0 Å². The highest BCUT2D eigenvalue weighted by Gasteiger charge is 2.35. The Morgan fingerprint density at radius 1 is 1.21 bits per heavy atom. The summed E-state index contributed by atoms with van der Waals surface area (Å²) in [6, 6.07) is -1.77. The summed E-state index contributed by atoms with van der Waals surface area (Å²) >= 11 is 0.